The number of unbranched alkanes of at least 4 members (excludes halogenated alkanes) is 5. The van der Waals surface area contributed by atoms with Gasteiger partial charge < -0.3 is 9.53 Å². The van der Waals surface area contributed by atoms with Gasteiger partial charge in [0.2, 0.25) is 0 Å². The van der Waals surface area contributed by atoms with Crippen molar-refractivity contribution in [3.63, 3.8) is 0 Å². The van der Waals surface area contributed by atoms with Crippen molar-refractivity contribution in [1.29, 1.82) is 0 Å². The number of carbonyl (C=O) groups is 1. The summed E-state index contributed by atoms with van der Waals surface area (Å²) in [6.45, 7) is 3.92. The molecule has 0 saturated carbocycles. The molecule has 0 aliphatic rings. The zero-order chi connectivity index (χ0) is 9.78. The van der Waals surface area contributed by atoms with Gasteiger partial charge in [0.25, 0.3) is 0 Å². The first-order chi connectivity index (χ1) is 6.41. The van der Waals surface area contributed by atoms with Crippen molar-refractivity contribution in [1.82, 2.24) is 0 Å². The van der Waals surface area contributed by atoms with Gasteiger partial charge in [-0.1, -0.05) is 26.2 Å². The van der Waals surface area contributed by atoms with Gasteiger partial charge in [-0.2, -0.15) is 0 Å². The van der Waals surface area contributed by atoms with Crippen LogP contribution in [0.15, 0.2) is 0 Å². The smallest absolute Gasteiger partial charge is 0.119 e. The Balaban J connectivity index is 2.79. The predicted octanol–water partition coefficient (Wildman–Crippen LogP) is 2.95. The molecule has 78 valence electrons. The average molecular weight is 186 g/mol. The van der Waals surface area contributed by atoms with E-state index in [1.165, 1.54) is 25.7 Å². The van der Waals surface area contributed by atoms with E-state index in [2.05, 4.69) is 6.92 Å². The van der Waals surface area contributed by atoms with Crippen LogP contribution in [0.25, 0.3) is 0 Å². The fourth-order valence-corrected chi connectivity index (χ4v) is 1.21. The van der Waals surface area contributed by atoms with E-state index in [1.54, 1.807) is 0 Å². The maximum Gasteiger partial charge on any atom is 0.119 e. The second kappa shape index (κ2) is 11.6. The van der Waals surface area contributed by atoms with Crippen molar-refractivity contribution in [3.8, 4) is 0 Å². The standard InChI is InChI=1S/C11H22O2/c1-2-10-13-11-8-6-4-3-5-7-9-12/h9H,2-8,10-11H2,1H3. The van der Waals surface area contributed by atoms with Gasteiger partial charge in [0.15, 0.2) is 0 Å². The minimum absolute atomic E-state index is 0.729. The van der Waals surface area contributed by atoms with Crippen LogP contribution < -0.4 is 0 Å². The van der Waals surface area contributed by atoms with Crippen molar-refractivity contribution < 1.29 is 9.53 Å². The van der Waals surface area contributed by atoms with Gasteiger partial charge in [0.1, 0.15) is 6.29 Å². The molecule has 0 spiro atoms. The number of ether oxygens (including phenoxy) is 1. The molecule has 0 atom stereocenters. The Kier molecular flexibility index (Phi) is 11.3. The maximum atomic E-state index is 9.99. The lowest BCUT2D eigenvalue weighted by Gasteiger charge is -2.01. The van der Waals surface area contributed by atoms with Crippen molar-refractivity contribution >= 4 is 6.29 Å². The van der Waals surface area contributed by atoms with E-state index in [0.29, 0.717) is 0 Å². The highest BCUT2D eigenvalue weighted by Crippen LogP contribution is 2.04. The van der Waals surface area contributed by atoms with Crippen LogP contribution in [0.1, 0.15) is 51.9 Å². The first-order valence-electron chi connectivity index (χ1n) is 5.43. The SMILES string of the molecule is CCCOCCCCCCCC=O. The van der Waals surface area contributed by atoms with Crippen molar-refractivity contribution in [2.24, 2.45) is 0 Å². The van der Waals surface area contributed by atoms with Crippen LogP contribution in [-0.4, -0.2) is 19.5 Å². The molecule has 0 aliphatic carbocycles. The topological polar surface area (TPSA) is 26.3 Å². The summed E-state index contributed by atoms with van der Waals surface area (Å²) in [7, 11) is 0. The van der Waals surface area contributed by atoms with Gasteiger partial charge in [-0.05, 0) is 19.3 Å². The molecule has 0 aromatic carbocycles. The van der Waals surface area contributed by atoms with Crippen LogP contribution >= 0.6 is 0 Å². The molecule has 0 unspecified atom stereocenters. The number of hydrogen-bond donors (Lipinski definition) is 0. The molecule has 0 aliphatic heterocycles. The number of carbonyl (C=O) groups excluding carboxylic acids is 1. The molecule has 0 saturated heterocycles. The van der Waals surface area contributed by atoms with Crippen LogP contribution in [0.4, 0.5) is 0 Å². The van der Waals surface area contributed by atoms with Crippen LogP contribution in [0.2, 0.25) is 0 Å². The first kappa shape index (κ1) is 12.6. The van der Waals surface area contributed by atoms with E-state index in [0.717, 1.165) is 38.8 Å². The minimum Gasteiger partial charge on any atom is -0.381 e. The minimum atomic E-state index is 0.729. The lowest BCUT2D eigenvalue weighted by atomic mass is 10.1. The lowest BCUT2D eigenvalue weighted by Crippen LogP contribution is -1.95. The van der Waals surface area contributed by atoms with Gasteiger partial charge in [0.05, 0.1) is 0 Å². The summed E-state index contributed by atoms with van der Waals surface area (Å²) in [4.78, 5) is 9.99. The highest BCUT2D eigenvalue weighted by Gasteiger charge is 1.90. The zero-order valence-electron chi connectivity index (χ0n) is 8.76. The van der Waals surface area contributed by atoms with Gasteiger partial charge in [0, 0.05) is 19.6 Å². The van der Waals surface area contributed by atoms with E-state index in [4.69, 9.17) is 4.74 Å². The molecule has 0 bridgehead atoms. The van der Waals surface area contributed by atoms with Gasteiger partial charge in [-0.3, -0.25) is 0 Å². The summed E-state index contributed by atoms with van der Waals surface area (Å²) in [6.07, 6.45) is 8.73. The van der Waals surface area contributed by atoms with E-state index >= 15 is 0 Å². The Morgan fingerprint density at radius 2 is 1.69 bits per heavy atom. The van der Waals surface area contributed by atoms with E-state index in [1.807, 2.05) is 0 Å². The largest absolute Gasteiger partial charge is 0.381 e. The molecule has 0 amide bonds. The van der Waals surface area contributed by atoms with Gasteiger partial charge in [-0.15, -0.1) is 0 Å². The summed E-state index contributed by atoms with van der Waals surface area (Å²) >= 11 is 0. The molecule has 13 heavy (non-hydrogen) atoms. The molecule has 2 heteroatoms. The van der Waals surface area contributed by atoms with Gasteiger partial charge >= 0.3 is 0 Å². The van der Waals surface area contributed by atoms with E-state index < -0.39 is 0 Å². The number of rotatable bonds is 10. The first-order valence-corrected chi connectivity index (χ1v) is 5.43. The maximum absolute atomic E-state index is 9.99. The summed E-state index contributed by atoms with van der Waals surface area (Å²) in [5.74, 6) is 0. The zero-order valence-corrected chi connectivity index (χ0v) is 8.76. The average Bonchev–Trinajstić information content (AvgIpc) is 2.16. The monoisotopic (exact) mass is 186 g/mol. The van der Waals surface area contributed by atoms with Crippen molar-refractivity contribution in [2.45, 2.75) is 51.9 Å². The Bertz CT molecular complexity index is 102. The lowest BCUT2D eigenvalue weighted by molar-refractivity contribution is -0.107. The third-order valence-corrected chi connectivity index (χ3v) is 1.96. The van der Waals surface area contributed by atoms with Crippen molar-refractivity contribution in [2.75, 3.05) is 13.2 Å². The summed E-state index contributed by atoms with van der Waals surface area (Å²) < 4.78 is 5.35. The Morgan fingerprint density at radius 1 is 1.00 bits per heavy atom. The summed E-state index contributed by atoms with van der Waals surface area (Å²) in [6, 6.07) is 0. The molecular formula is C11H22O2. The number of hydrogen-bond acceptors (Lipinski definition) is 2. The quantitative estimate of drug-likeness (QED) is 0.387. The second-order valence-electron chi connectivity index (χ2n) is 3.34. The molecule has 0 rings (SSSR count). The van der Waals surface area contributed by atoms with E-state index in [-0.39, 0.29) is 0 Å². The Morgan fingerprint density at radius 3 is 2.38 bits per heavy atom. The number of aldehydes is 1. The summed E-state index contributed by atoms with van der Waals surface area (Å²) in [5.41, 5.74) is 0. The highest BCUT2D eigenvalue weighted by atomic mass is 16.5. The predicted molar refractivity (Wildman–Crippen MR) is 54.9 cm³/mol. The molecule has 0 fully saturated rings. The normalized spacial score (nSPS) is 10.2. The Hall–Kier alpha value is -0.370. The van der Waals surface area contributed by atoms with Crippen LogP contribution in [0.3, 0.4) is 0 Å². The van der Waals surface area contributed by atoms with Crippen LogP contribution in [0, 0.1) is 0 Å². The third-order valence-electron chi connectivity index (χ3n) is 1.96. The Labute approximate surface area is 81.7 Å². The third kappa shape index (κ3) is 11.6. The fraction of sp³-hybridized carbons (Fsp3) is 0.909. The molecule has 0 heterocycles. The summed E-state index contributed by atoms with van der Waals surface area (Å²) in [5, 5.41) is 0. The van der Waals surface area contributed by atoms with Gasteiger partial charge in [-0.25, -0.2) is 0 Å². The molecule has 2 nitrogen and oxygen atoms in total. The van der Waals surface area contributed by atoms with E-state index in [9.17, 15) is 4.79 Å². The second-order valence-corrected chi connectivity index (χ2v) is 3.34. The molecular weight excluding hydrogens is 164 g/mol. The van der Waals surface area contributed by atoms with Crippen LogP contribution in [-0.2, 0) is 9.53 Å². The van der Waals surface area contributed by atoms with Crippen LogP contribution in [0.5, 0.6) is 0 Å². The molecule has 0 aromatic heterocycles. The molecule has 0 aromatic rings. The van der Waals surface area contributed by atoms with Crippen molar-refractivity contribution in [3.05, 3.63) is 0 Å². The fourth-order valence-electron chi connectivity index (χ4n) is 1.21. The molecule has 0 radical (unpaired) electrons. The highest BCUT2D eigenvalue weighted by molar-refractivity contribution is 5.48. The molecule has 0 N–H and O–H groups in total.